The predicted octanol–water partition coefficient (Wildman–Crippen LogP) is 15.8. The zero-order valence-electron chi connectivity index (χ0n) is 41.2. The van der Waals surface area contributed by atoms with Crippen LogP contribution in [0, 0.1) is 0 Å². The Labute approximate surface area is 417 Å². The van der Waals surface area contributed by atoms with Crippen molar-refractivity contribution >= 4 is 121 Å². The highest BCUT2D eigenvalue weighted by Gasteiger charge is 2.43. The Morgan fingerprint density at radius 2 is 0.833 bits per heavy atom. The minimum Gasteiger partial charge on any atom is -0.310 e. The molecule has 0 saturated carbocycles. The van der Waals surface area contributed by atoms with E-state index in [1.807, 2.05) is 0 Å². The standard InChI is InChI=1S/C68H48BN3/c1-67(2,3)40-26-29-53-49(33-40)50-34-41(68(4,5)6)27-30-54(50)70(53)42-35-57-64-58(36-42)72-56-28-25-37-15-7-9-18-43(37)60(56)62-44-19-10-8-16-38(44)31-51(65(62)72)69(64)52-32-39-17-13-22-47-45-20-11-12-21-46(45)48-23-14-24-55-61(48)63(59(39)47)66(52)71(55)57/h7-36H,1-6H3. The van der Waals surface area contributed by atoms with Gasteiger partial charge in [-0.25, -0.2) is 0 Å². The van der Waals surface area contributed by atoms with Crippen LogP contribution in [-0.4, -0.2) is 20.4 Å². The lowest BCUT2D eigenvalue weighted by molar-refractivity contribution is 0.590. The van der Waals surface area contributed by atoms with Gasteiger partial charge in [-0.15, -0.1) is 0 Å². The molecular weight excluding hydrogens is 870 g/mol. The highest BCUT2D eigenvalue weighted by molar-refractivity contribution is 7.00. The Morgan fingerprint density at radius 1 is 0.333 bits per heavy atom. The van der Waals surface area contributed by atoms with Crippen LogP contribution < -0.4 is 16.4 Å². The molecule has 11 aromatic carbocycles. The van der Waals surface area contributed by atoms with Crippen LogP contribution in [0.5, 0.6) is 0 Å². The zero-order chi connectivity index (χ0) is 47.8. The number of fused-ring (bicyclic) bond motifs is 18. The lowest BCUT2D eigenvalue weighted by Crippen LogP contribution is -2.59. The molecule has 0 atom stereocenters. The maximum atomic E-state index is 2.69. The molecule has 3 nitrogen and oxygen atoms in total. The van der Waals surface area contributed by atoms with Crippen molar-refractivity contribution in [2.45, 2.75) is 52.4 Å². The van der Waals surface area contributed by atoms with Gasteiger partial charge in [0.1, 0.15) is 0 Å². The third-order valence-electron chi connectivity index (χ3n) is 17.4. The summed E-state index contributed by atoms with van der Waals surface area (Å²) in [4.78, 5) is 0. The van der Waals surface area contributed by atoms with Crippen molar-refractivity contribution in [1.29, 1.82) is 0 Å². The Hall–Kier alpha value is -8.34. The molecule has 0 bridgehead atoms. The highest BCUT2D eigenvalue weighted by atomic mass is 15.1. The van der Waals surface area contributed by atoms with Crippen molar-refractivity contribution in [1.82, 2.24) is 13.7 Å². The second-order valence-electron chi connectivity index (χ2n) is 23.2. The van der Waals surface area contributed by atoms with Crippen molar-refractivity contribution in [3.8, 4) is 39.3 Å². The van der Waals surface area contributed by atoms with Gasteiger partial charge in [-0.1, -0.05) is 175 Å². The van der Waals surface area contributed by atoms with E-state index in [0.717, 1.165) is 0 Å². The molecule has 0 spiro atoms. The summed E-state index contributed by atoms with van der Waals surface area (Å²) in [6.45, 7) is 14.0. The lowest BCUT2D eigenvalue weighted by Gasteiger charge is -2.35. The van der Waals surface area contributed by atoms with Gasteiger partial charge in [-0.05, 0) is 141 Å². The molecule has 0 amide bonds. The Balaban J connectivity index is 1.11. The summed E-state index contributed by atoms with van der Waals surface area (Å²) in [6, 6.07) is 70.8. The average Bonchev–Trinajstić information content (AvgIpc) is 4.02. The van der Waals surface area contributed by atoms with Gasteiger partial charge >= 0.3 is 0 Å². The van der Waals surface area contributed by atoms with Crippen molar-refractivity contribution in [2.24, 2.45) is 0 Å². The molecule has 72 heavy (non-hydrogen) atoms. The monoisotopic (exact) mass is 917 g/mol. The molecule has 338 valence electrons. The molecule has 0 radical (unpaired) electrons. The molecule has 0 fully saturated rings. The topological polar surface area (TPSA) is 14.8 Å². The van der Waals surface area contributed by atoms with Gasteiger partial charge in [0.2, 0.25) is 0 Å². The minimum absolute atomic E-state index is 0.00192. The van der Waals surface area contributed by atoms with E-state index in [0.29, 0.717) is 0 Å². The van der Waals surface area contributed by atoms with Crippen molar-refractivity contribution in [2.75, 3.05) is 0 Å². The van der Waals surface area contributed by atoms with E-state index in [2.05, 4.69) is 237 Å². The van der Waals surface area contributed by atoms with Crippen molar-refractivity contribution < 1.29 is 0 Å². The largest absolute Gasteiger partial charge is 0.310 e. The molecule has 2 aliphatic heterocycles. The van der Waals surface area contributed by atoms with E-state index in [9.17, 15) is 0 Å². The van der Waals surface area contributed by atoms with E-state index in [1.165, 1.54) is 165 Å². The number of benzene rings is 11. The van der Waals surface area contributed by atoms with E-state index >= 15 is 0 Å². The second kappa shape index (κ2) is 12.9. The molecule has 0 N–H and O–H groups in total. The first-order chi connectivity index (χ1) is 35.0. The van der Waals surface area contributed by atoms with Crippen LogP contribution in [0.15, 0.2) is 182 Å². The quantitative estimate of drug-likeness (QED) is 0.146. The van der Waals surface area contributed by atoms with Gasteiger partial charge in [0.05, 0.1) is 38.8 Å². The van der Waals surface area contributed by atoms with Crippen LogP contribution in [0.1, 0.15) is 52.7 Å². The van der Waals surface area contributed by atoms with Crippen molar-refractivity contribution in [3.63, 3.8) is 0 Å². The highest BCUT2D eigenvalue weighted by Crippen LogP contribution is 2.51. The minimum atomic E-state index is -0.0278. The average molecular weight is 918 g/mol. The Bertz CT molecular complexity index is 4810. The van der Waals surface area contributed by atoms with Gasteiger partial charge < -0.3 is 13.7 Å². The first-order valence-corrected chi connectivity index (χ1v) is 25.8. The lowest BCUT2D eigenvalue weighted by atomic mass is 9.34. The van der Waals surface area contributed by atoms with Crippen LogP contribution >= 0.6 is 0 Å². The maximum Gasteiger partial charge on any atom is 0.252 e. The summed E-state index contributed by atoms with van der Waals surface area (Å²) in [5.74, 6) is 0. The van der Waals surface area contributed by atoms with Gasteiger partial charge in [-0.3, -0.25) is 0 Å². The first-order valence-electron chi connectivity index (χ1n) is 25.8. The van der Waals surface area contributed by atoms with E-state index in [-0.39, 0.29) is 17.5 Å². The maximum absolute atomic E-state index is 2.69. The van der Waals surface area contributed by atoms with Gasteiger partial charge in [0.25, 0.3) is 6.71 Å². The Kier molecular flexibility index (Phi) is 7.08. The molecule has 4 heteroatoms. The molecule has 5 heterocycles. The molecule has 1 aliphatic carbocycles. The normalized spacial score (nSPS) is 13.7. The van der Waals surface area contributed by atoms with Gasteiger partial charge in [0.15, 0.2) is 0 Å². The second-order valence-corrected chi connectivity index (χ2v) is 23.2. The molecule has 0 unspecified atom stereocenters. The SMILES string of the molecule is CC(C)(C)c1ccc2c(c1)c1cc(C(C)(C)C)ccc1n2-c1cc2c3c(c1)-n1c4ccc5ccccc5c4c4c5ccccc5cc(c41)B3c1cc3cccc4c3c3c5c(cccc5n-2c13)-c1ccccc1-4. The van der Waals surface area contributed by atoms with Crippen molar-refractivity contribution in [3.05, 3.63) is 193 Å². The number of nitrogens with zero attached hydrogens (tertiary/aromatic N) is 3. The van der Waals surface area contributed by atoms with Crippen LogP contribution in [0.2, 0.25) is 0 Å². The fraction of sp³-hybridized carbons (Fsp3) is 0.118. The number of rotatable bonds is 1. The summed E-state index contributed by atoms with van der Waals surface area (Å²) in [5, 5.41) is 15.8. The van der Waals surface area contributed by atoms with Crippen LogP contribution in [0.4, 0.5) is 0 Å². The summed E-state index contributed by atoms with van der Waals surface area (Å²) >= 11 is 0. The predicted molar refractivity (Wildman–Crippen MR) is 308 cm³/mol. The van der Waals surface area contributed by atoms with Crippen LogP contribution in [0.25, 0.3) is 137 Å². The Morgan fingerprint density at radius 3 is 1.49 bits per heavy atom. The van der Waals surface area contributed by atoms with E-state index < -0.39 is 0 Å². The first kappa shape index (κ1) is 39.4. The third-order valence-corrected chi connectivity index (χ3v) is 17.4. The molecule has 17 rings (SSSR count). The fourth-order valence-corrected chi connectivity index (χ4v) is 14.2. The molecule has 3 aromatic heterocycles. The summed E-state index contributed by atoms with van der Waals surface area (Å²) < 4.78 is 7.96. The molecule has 0 saturated heterocycles. The molecule has 3 aliphatic rings. The van der Waals surface area contributed by atoms with E-state index in [4.69, 9.17) is 0 Å². The molecular formula is C68H48BN3. The smallest absolute Gasteiger partial charge is 0.252 e. The number of aromatic nitrogens is 3. The summed E-state index contributed by atoms with van der Waals surface area (Å²) in [7, 11) is 0. The fourth-order valence-electron chi connectivity index (χ4n) is 14.2. The van der Waals surface area contributed by atoms with Gasteiger partial charge in [-0.2, -0.15) is 0 Å². The zero-order valence-corrected chi connectivity index (χ0v) is 41.2. The number of hydrogen-bond acceptors (Lipinski definition) is 0. The van der Waals surface area contributed by atoms with Gasteiger partial charge in [0, 0.05) is 43.7 Å². The van der Waals surface area contributed by atoms with Crippen LogP contribution in [-0.2, 0) is 10.8 Å². The number of hydrogen-bond donors (Lipinski definition) is 0. The molecule has 14 aromatic rings. The van der Waals surface area contributed by atoms with Crippen LogP contribution in [0.3, 0.4) is 0 Å². The van der Waals surface area contributed by atoms with E-state index in [1.54, 1.807) is 0 Å². The third kappa shape index (κ3) is 4.70. The summed E-state index contributed by atoms with van der Waals surface area (Å²) in [5.41, 5.74) is 23.3. The summed E-state index contributed by atoms with van der Waals surface area (Å²) in [6.07, 6.45) is 0.